The third-order valence-electron chi connectivity index (χ3n) is 4.40. The Labute approximate surface area is 165 Å². The summed E-state index contributed by atoms with van der Waals surface area (Å²) in [5.74, 6) is -0.0396. The molecule has 3 aromatic rings. The molecule has 0 radical (unpaired) electrons. The standard InChI is InChI=1S/C23H24N2OS/c1-17(24-20-14-9-15-21(16-20)27-2)23(26)25-22(18-10-5-3-6-11-18)19-12-7-4-8-13-19/h3-17,22,24H,1-2H3,(H,25,26)/t17-/m0/s1. The normalized spacial score (nSPS) is 11.8. The first kappa shape index (κ1) is 19.1. The van der Waals surface area contributed by atoms with Gasteiger partial charge in [0.05, 0.1) is 6.04 Å². The van der Waals surface area contributed by atoms with Crippen LogP contribution in [0.1, 0.15) is 24.1 Å². The second-order valence-electron chi connectivity index (χ2n) is 6.36. The summed E-state index contributed by atoms with van der Waals surface area (Å²) in [5.41, 5.74) is 3.07. The number of hydrogen-bond acceptors (Lipinski definition) is 3. The Morgan fingerprint density at radius 2 is 1.44 bits per heavy atom. The predicted octanol–water partition coefficient (Wildman–Crippen LogP) is 5.11. The van der Waals surface area contributed by atoms with Crippen molar-refractivity contribution < 1.29 is 4.79 Å². The van der Waals surface area contributed by atoms with E-state index in [-0.39, 0.29) is 18.0 Å². The van der Waals surface area contributed by atoms with Gasteiger partial charge in [0.15, 0.2) is 0 Å². The number of nitrogens with one attached hydrogen (secondary N) is 2. The molecule has 4 heteroatoms. The van der Waals surface area contributed by atoms with Crippen molar-refractivity contribution >= 4 is 23.4 Å². The van der Waals surface area contributed by atoms with E-state index in [2.05, 4.69) is 22.8 Å². The smallest absolute Gasteiger partial charge is 0.242 e. The SMILES string of the molecule is CSc1cccc(N[C@@H](C)C(=O)NC(c2ccccc2)c2ccccc2)c1. The van der Waals surface area contributed by atoms with Gasteiger partial charge in [0.2, 0.25) is 5.91 Å². The van der Waals surface area contributed by atoms with E-state index < -0.39 is 0 Å². The minimum atomic E-state index is -0.350. The summed E-state index contributed by atoms with van der Waals surface area (Å²) in [6.45, 7) is 1.88. The molecule has 1 amide bonds. The average molecular weight is 377 g/mol. The maximum atomic E-state index is 12.9. The van der Waals surface area contributed by atoms with E-state index in [1.165, 1.54) is 4.90 Å². The Balaban J connectivity index is 1.76. The van der Waals surface area contributed by atoms with Gasteiger partial charge < -0.3 is 10.6 Å². The molecule has 1 atom stereocenters. The van der Waals surface area contributed by atoms with Gasteiger partial charge in [-0.05, 0) is 42.5 Å². The predicted molar refractivity (Wildman–Crippen MR) is 114 cm³/mol. The lowest BCUT2D eigenvalue weighted by molar-refractivity contribution is -0.122. The Morgan fingerprint density at radius 1 is 0.852 bits per heavy atom. The highest BCUT2D eigenvalue weighted by Gasteiger charge is 2.20. The van der Waals surface area contributed by atoms with Crippen molar-refractivity contribution in [1.29, 1.82) is 0 Å². The second kappa shape index (κ2) is 9.28. The Kier molecular flexibility index (Phi) is 6.55. The molecule has 3 aromatic carbocycles. The molecule has 0 saturated carbocycles. The summed E-state index contributed by atoms with van der Waals surface area (Å²) in [4.78, 5) is 14.0. The lowest BCUT2D eigenvalue weighted by Crippen LogP contribution is -2.40. The Morgan fingerprint density at radius 3 is 2.00 bits per heavy atom. The van der Waals surface area contributed by atoms with Crippen molar-refractivity contribution in [2.75, 3.05) is 11.6 Å². The average Bonchev–Trinajstić information content (AvgIpc) is 2.73. The Hall–Kier alpha value is -2.72. The lowest BCUT2D eigenvalue weighted by atomic mass is 9.98. The first-order chi connectivity index (χ1) is 13.2. The van der Waals surface area contributed by atoms with Gasteiger partial charge in [0, 0.05) is 10.6 Å². The van der Waals surface area contributed by atoms with Crippen LogP contribution in [0.3, 0.4) is 0 Å². The maximum absolute atomic E-state index is 12.9. The highest BCUT2D eigenvalue weighted by Crippen LogP contribution is 2.23. The van der Waals surface area contributed by atoms with Gasteiger partial charge in [-0.3, -0.25) is 4.79 Å². The minimum Gasteiger partial charge on any atom is -0.374 e. The maximum Gasteiger partial charge on any atom is 0.242 e. The van der Waals surface area contributed by atoms with Crippen LogP contribution in [0.25, 0.3) is 0 Å². The summed E-state index contributed by atoms with van der Waals surface area (Å²) in [7, 11) is 0. The van der Waals surface area contributed by atoms with Crippen LogP contribution < -0.4 is 10.6 Å². The number of hydrogen-bond donors (Lipinski definition) is 2. The molecule has 0 aliphatic carbocycles. The van der Waals surface area contributed by atoms with Crippen LogP contribution in [0.2, 0.25) is 0 Å². The van der Waals surface area contributed by atoms with Gasteiger partial charge in [-0.1, -0.05) is 66.7 Å². The molecule has 138 valence electrons. The molecule has 0 fully saturated rings. The fraction of sp³-hybridized carbons (Fsp3) is 0.174. The number of benzene rings is 3. The van der Waals surface area contributed by atoms with E-state index in [0.29, 0.717) is 0 Å². The summed E-state index contributed by atoms with van der Waals surface area (Å²) >= 11 is 1.68. The van der Waals surface area contributed by atoms with E-state index >= 15 is 0 Å². The van der Waals surface area contributed by atoms with Crippen molar-refractivity contribution in [3.8, 4) is 0 Å². The molecule has 27 heavy (non-hydrogen) atoms. The third kappa shape index (κ3) is 5.14. The number of thioether (sulfide) groups is 1. The monoisotopic (exact) mass is 376 g/mol. The molecule has 0 heterocycles. The molecular formula is C23H24N2OS. The lowest BCUT2D eigenvalue weighted by Gasteiger charge is -2.23. The van der Waals surface area contributed by atoms with Gasteiger partial charge in [0.1, 0.15) is 6.04 Å². The van der Waals surface area contributed by atoms with Crippen LogP contribution >= 0.6 is 11.8 Å². The molecule has 0 unspecified atom stereocenters. The number of rotatable bonds is 7. The number of amides is 1. The van der Waals surface area contributed by atoms with Crippen molar-refractivity contribution in [2.24, 2.45) is 0 Å². The summed E-state index contributed by atoms with van der Waals surface area (Å²) in [5, 5.41) is 6.49. The molecule has 3 rings (SSSR count). The molecule has 0 bridgehead atoms. The van der Waals surface area contributed by atoms with Crippen LogP contribution in [0.4, 0.5) is 5.69 Å². The molecule has 0 saturated heterocycles. The fourth-order valence-corrected chi connectivity index (χ4v) is 3.41. The van der Waals surface area contributed by atoms with Gasteiger partial charge in [0.25, 0.3) is 0 Å². The first-order valence-corrected chi connectivity index (χ1v) is 10.2. The van der Waals surface area contributed by atoms with E-state index in [9.17, 15) is 4.79 Å². The first-order valence-electron chi connectivity index (χ1n) is 8.98. The summed E-state index contributed by atoms with van der Waals surface area (Å²) in [6.07, 6.45) is 2.04. The number of anilines is 1. The topological polar surface area (TPSA) is 41.1 Å². The van der Waals surface area contributed by atoms with Gasteiger partial charge in [-0.2, -0.15) is 0 Å². The van der Waals surface area contributed by atoms with Gasteiger partial charge >= 0.3 is 0 Å². The molecule has 0 spiro atoms. The molecule has 2 N–H and O–H groups in total. The van der Waals surface area contributed by atoms with Crippen LogP contribution in [0, 0.1) is 0 Å². The third-order valence-corrected chi connectivity index (χ3v) is 5.12. The van der Waals surface area contributed by atoms with Crippen molar-refractivity contribution in [3.63, 3.8) is 0 Å². The van der Waals surface area contributed by atoms with Crippen molar-refractivity contribution in [1.82, 2.24) is 5.32 Å². The minimum absolute atomic E-state index is 0.0396. The number of carbonyl (C=O) groups is 1. The quantitative estimate of drug-likeness (QED) is 0.563. The van der Waals surface area contributed by atoms with Crippen molar-refractivity contribution in [3.05, 3.63) is 96.1 Å². The van der Waals surface area contributed by atoms with Crippen LogP contribution in [-0.4, -0.2) is 18.2 Å². The zero-order chi connectivity index (χ0) is 19.1. The second-order valence-corrected chi connectivity index (χ2v) is 7.24. The number of carbonyl (C=O) groups excluding carboxylic acids is 1. The van der Waals surface area contributed by atoms with E-state index in [4.69, 9.17) is 0 Å². The molecular weight excluding hydrogens is 352 g/mol. The van der Waals surface area contributed by atoms with Crippen molar-refractivity contribution in [2.45, 2.75) is 23.9 Å². The highest BCUT2D eigenvalue weighted by molar-refractivity contribution is 7.98. The molecule has 0 aliphatic rings. The van der Waals surface area contributed by atoms with Gasteiger partial charge in [-0.15, -0.1) is 11.8 Å². The summed E-state index contributed by atoms with van der Waals surface area (Å²) < 4.78 is 0. The zero-order valence-electron chi connectivity index (χ0n) is 15.6. The molecule has 0 aliphatic heterocycles. The molecule has 0 aromatic heterocycles. The van der Waals surface area contributed by atoms with E-state index in [1.807, 2.05) is 86.0 Å². The highest BCUT2D eigenvalue weighted by atomic mass is 32.2. The van der Waals surface area contributed by atoms with Crippen LogP contribution in [0.15, 0.2) is 89.8 Å². The van der Waals surface area contributed by atoms with Gasteiger partial charge in [-0.25, -0.2) is 0 Å². The summed E-state index contributed by atoms with van der Waals surface area (Å²) in [6, 6.07) is 27.7. The van der Waals surface area contributed by atoms with E-state index in [1.54, 1.807) is 11.8 Å². The fourth-order valence-electron chi connectivity index (χ4n) is 2.95. The molecule has 3 nitrogen and oxygen atoms in total. The van der Waals surface area contributed by atoms with E-state index in [0.717, 1.165) is 16.8 Å². The van der Waals surface area contributed by atoms with Crippen LogP contribution in [-0.2, 0) is 4.79 Å². The zero-order valence-corrected chi connectivity index (χ0v) is 16.4. The largest absolute Gasteiger partial charge is 0.374 e. The van der Waals surface area contributed by atoms with Crippen LogP contribution in [0.5, 0.6) is 0 Å². The Bertz CT molecular complexity index is 828.